The Kier molecular flexibility index (Phi) is 4.37. The molecule has 0 bridgehead atoms. The van der Waals surface area contributed by atoms with Gasteiger partial charge in [-0.1, -0.05) is 23.7 Å². The Bertz CT molecular complexity index is 632. The fourth-order valence-corrected chi connectivity index (χ4v) is 3.08. The van der Waals surface area contributed by atoms with E-state index in [9.17, 15) is 26.4 Å². The summed E-state index contributed by atoms with van der Waals surface area (Å²) in [6.07, 6.45) is -5.33. The number of aliphatic carboxylic acids is 1. The monoisotopic (exact) mass is 331 g/mol. The van der Waals surface area contributed by atoms with Gasteiger partial charge in [0.25, 0.3) is 0 Å². The number of benzene rings is 1. The zero-order valence-electron chi connectivity index (χ0n) is 9.90. The predicted octanol–water partition coefficient (Wildman–Crippen LogP) is 2.02. The molecule has 1 aromatic carbocycles. The van der Waals surface area contributed by atoms with Gasteiger partial charge in [0.05, 0.1) is 5.02 Å². The number of sulfonamides is 1. The Hall–Kier alpha value is -1.32. The summed E-state index contributed by atoms with van der Waals surface area (Å²) in [7, 11) is -4.76. The highest BCUT2D eigenvalue weighted by molar-refractivity contribution is 7.89. The molecule has 10 heteroatoms. The topological polar surface area (TPSA) is 83.5 Å². The van der Waals surface area contributed by atoms with Crippen molar-refractivity contribution in [1.29, 1.82) is 0 Å². The summed E-state index contributed by atoms with van der Waals surface area (Å²) in [6.45, 7) is 0.212. The lowest BCUT2D eigenvalue weighted by Gasteiger charge is -2.28. The summed E-state index contributed by atoms with van der Waals surface area (Å²) >= 11 is 5.58. The van der Waals surface area contributed by atoms with Crippen LogP contribution in [0.15, 0.2) is 29.2 Å². The first-order valence-electron chi connectivity index (χ1n) is 5.00. The summed E-state index contributed by atoms with van der Waals surface area (Å²) < 4.78 is 63.1. The minimum atomic E-state index is -5.33. The predicted molar refractivity (Wildman–Crippen MR) is 63.9 cm³/mol. The Morgan fingerprint density at radius 2 is 1.80 bits per heavy atom. The van der Waals surface area contributed by atoms with Crippen LogP contribution in [-0.4, -0.2) is 31.2 Å². The molecule has 0 aromatic heterocycles. The number of halogens is 4. The molecule has 0 fully saturated rings. The number of hydrogen-bond acceptors (Lipinski definition) is 3. The average Bonchev–Trinajstić information content (AvgIpc) is 2.26. The number of carboxylic acids is 1. The second kappa shape index (κ2) is 5.23. The first-order valence-corrected chi connectivity index (χ1v) is 6.86. The molecule has 0 spiro atoms. The normalized spacial score (nSPS) is 15.7. The van der Waals surface area contributed by atoms with Crippen LogP contribution in [0.5, 0.6) is 0 Å². The van der Waals surface area contributed by atoms with E-state index in [1.54, 1.807) is 0 Å². The molecule has 1 atom stereocenters. The molecule has 0 heterocycles. The lowest BCUT2D eigenvalue weighted by Crippen LogP contribution is -2.61. The van der Waals surface area contributed by atoms with Gasteiger partial charge in [-0.05, 0) is 19.1 Å². The van der Waals surface area contributed by atoms with Gasteiger partial charge in [0, 0.05) is 0 Å². The summed E-state index contributed by atoms with van der Waals surface area (Å²) in [5, 5.41) is 8.34. The van der Waals surface area contributed by atoms with Crippen LogP contribution < -0.4 is 4.72 Å². The van der Waals surface area contributed by atoms with Crippen LogP contribution in [-0.2, 0) is 14.8 Å². The van der Waals surface area contributed by atoms with Crippen LogP contribution in [0.4, 0.5) is 13.2 Å². The minimum absolute atomic E-state index is 0.212. The number of nitrogens with one attached hydrogen (secondary N) is 1. The molecule has 2 N–H and O–H groups in total. The number of alkyl halides is 3. The van der Waals surface area contributed by atoms with E-state index in [0.717, 1.165) is 16.9 Å². The van der Waals surface area contributed by atoms with E-state index in [2.05, 4.69) is 0 Å². The maximum atomic E-state index is 12.8. The van der Waals surface area contributed by atoms with Crippen molar-refractivity contribution in [3.63, 3.8) is 0 Å². The molecule has 0 saturated carbocycles. The minimum Gasteiger partial charge on any atom is -0.480 e. The first kappa shape index (κ1) is 16.7. The standard InChI is InChI=1S/C10H9ClF3NO4S/c1-9(8(16)17,10(12,13)14)15-20(18,19)7-5-3-2-4-6(7)11/h2-5,15H,1H3,(H,16,17). The fraction of sp³-hybridized carbons (Fsp3) is 0.300. The van der Waals surface area contributed by atoms with Crippen LogP contribution in [0.3, 0.4) is 0 Å². The first-order chi connectivity index (χ1) is 8.92. The quantitative estimate of drug-likeness (QED) is 0.884. The van der Waals surface area contributed by atoms with Gasteiger partial charge in [-0.3, -0.25) is 0 Å². The molecule has 112 valence electrons. The van der Waals surface area contributed by atoms with Crippen LogP contribution >= 0.6 is 11.6 Å². The van der Waals surface area contributed by atoms with Crippen molar-refractivity contribution in [3.05, 3.63) is 29.3 Å². The Morgan fingerprint density at radius 1 is 1.30 bits per heavy atom. The molecule has 0 aliphatic rings. The third-order valence-electron chi connectivity index (χ3n) is 2.46. The van der Waals surface area contributed by atoms with Crippen molar-refractivity contribution in [2.24, 2.45) is 0 Å². The van der Waals surface area contributed by atoms with Crippen molar-refractivity contribution >= 4 is 27.6 Å². The Balaban J connectivity index is 3.32. The van der Waals surface area contributed by atoms with Gasteiger partial charge >= 0.3 is 12.1 Å². The summed E-state index contributed by atoms with van der Waals surface area (Å²) in [5.41, 5.74) is -3.66. The van der Waals surface area contributed by atoms with Crippen molar-refractivity contribution in [3.8, 4) is 0 Å². The maximum absolute atomic E-state index is 12.8. The van der Waals surface area contributed by atoms with Gasteiger partial charge in [0.15, 0.2) is 0 Å². The molecule has 20 heavy (non-hydrogen) atoms. The molecule has 1 rings (SSSR count). The molecule has 0 aliphatic carbocycles. The summed E-state index contributed by atoms with van der Waals surface area (Å²) in [6, 6.07) is 4.73. The number of hydrogen-bond donors (Lipinski definition) is 2. The lowest BCUT2D eigenvalue weighted by molar-refractivity contribution is -0.201. The molecule has 1 aromatic rings. The van der Waals surface area contributed by atoms with Crippen molar-refractivity contribution in [2.45, 2.75) is 23.5 Å². The zero-order valence-corrected chi connectivity index (χ0v) is 11.5. The smallest absolute Gasteiger partial charge is 0.418 e. The molecule has 0 saturated heterocycles. The second-order valence-electron chi connectivity index (χ2n) is 3.96. The summed E-state index contributed by atoms with van der Waals surface area (Å²) in [4.78, 5) is 10.1. The number of carboxylic acid groups (broad SMARTS) is 1. The fourth-order valence-electron chi connectivity index (χ4n) is 1.21. The van der Waals surface area contributed by atoms with Gasteiger partial charge in [0.2, 0.25) is 15.6 Å². The number of carbonyl (C=O) groups is 1. The van der Waals surface area contributed by atoms with Crippen LogP contribution in [0.2, 0.25) is 5.02 Å². The molecule has 5 nitrogen and oxygen atoms in total. The molecule has 0 amide bonds. The maximum Gasteiger partial charge on any atom is 0.418 e. The summed E-state index contributed by atoms with van der Waals surface area (Å²) in [5.74, 6) is -2.37. The molecular weight excluding hydrogens is 323 g/mol. The SMILES string of the molecule is CC(NS(=O)(=O)c1ccccc1Cl)(C(=O)O)C(F)(F)F. The van der Waals surface area contributed by atoms with E-state index >= 15 is 0 Å². The van der Waals surface area contributed by atoms with Gasteiger partial charge in [0.1, 0.15) is 4.90 Å². The second-order valence-corrected chi connectivity index (χ2v) is 6.02. The molecule has 0 radical (unpaired) electrons. The van der Waals surface area contributed by atoms with Crippen molar-refractivity contribution < 1.29 is 31.5 Å². The van der Waals surface area contributed by atoms with E-state index in [1.165, 1.54) is 12.1 Å². The highest BCUT2D eigenvalue weighted by Crippen LogP contribution is 2.32. The highest BCUT2D eigenvalue weighted by Gasteiger charge is 2.59. The van der Waals surface area contributed by atoms with E-state index in [0.29, 0.717) is 0 Å². The van der Waals surface area contributed by atoms with Crippen LogP contribution in [0.1, 0.15) is 6.92 Å². The zero-order chi connectivity index (χ0) is 15.8. The van der Waals surface area contributed by atoms with Gasteiger partial charge < -0.3 is 5.11 Å². The highest BCUT2D eigenvalue weighted by atomic mass is 35.5. The van der Waals surface area contributed by atoms with Crippen LogP contribution in [0.25, 0.3) is 0 Å². The Labute approximate surface area is 117 Å². The lowest BCUT2D eigenvalue weighted by atomic mass is 10.0. The van der Waals surface area contributed by atoms with E-state index < -0.39 is 32.6 Å². The van der Waals surface area contributed by atoms with Gasteiger partial charge in [-0.15, -0.1) is 0 Å². The largest absolute Gasteiger partial charge is 0.480 e. The third kappa shape index (κ3) is 3.05. The average molecular weight is 332 g/mol. The molecule has 1 unspecified atom stereocenters. The molecule has 0 aliphatic heterocycles. The van der Waals surface area contributed by atoms with E-state index in [4.69, 9.17) is 16.7 Å². The van der Waals surface area contributed by atoms with Crippen molar-refractivity contribution in [2.75, 3.05) is 0 Å². The number of rotatable bonds is 4. The van der Waals surface area contributed by atoms with Gasteiger partial charge in [-0.25, -0.2) is 13.2 Å². The van der Waals surface area contributed by atoms with Crippen LogP contribution in [0, 0.1) is 0 Å². The van der Waals surface area contributed by atoms with E-state index in [1.807, 2.05) is 0 Å². The van der Waals surface area contributed by atoms with Gasteiger partial charge in [-0.2, -0.15) is 17.9 Å². The molecular formula is C10H9ClF3NO4S. The Morgan fingerprint density at radius 3 is 2.20 bits per heavy atom. The van der Waals surface area contributed by atoms with E-state index in [-0.39, 0.29) is 11.9 Å². The van der Waals surface area contributed by atoms with Crippen molar-refractivity contribution in [1.82, 2.24) is 4.72 Å². The third-order valence-corrected chi connectivity index (χ3v) is 4.51.